The lowest BCUT2D eigenvalue weighted by molar-refractivity contribution is 0.275. The van der Waals surface area contributed by atoms with Crippen molar-refractivity contribution < 1.29 is 20.1 Å². The van der Waals surface area contributed by atoms with Gasteiger partial charge in [-0.2, -0.15) is 0 Å². The number of phenols is 2. The molecule has 0 aliphatic carbocycles. The van der Waals surface area contributed by atoms with E-state index in [1.54, 1.807) is 0 Å². The van der Waals surface area contributed by atoms with Crippen LogP contribution in [0.4, 0.5) is 0 Å². The maximum Gasteiger partial charge on any atom is 0.161 e. The molecule has 0 aromatic heterocycles. The first kappa shape index (κ1) is 19.1. The number of phenolic OH excluding ortho intramolecular Hbond substituents is 1. The van der Waals surface area contributed by atoms with Gasteiger partial charge in [0.25, 0.3) is 0 Å². The monoisotopic (exact) mass is 344 g/mol. The van der Waals surface area contributed by atoms with E-state index in [-0.39, 0.29) is 18.1 Å². The van der Waals surface area contributed by atoms with Crippen molar-refractivity contribution in [2.24, 2.45) is 0 Å². The Kier molecular flexibility index (Phi) is 6.71. The lowest BCUT2D eigenvalue weighted by Gasteiger charge is -2.15. The number of rotatable bonds is 8. The lowest BCUT2D eigenvalue weighted by Crippen LogP contribution is -1.99. The average molecular weight is 344 g/mol. The number of ether oxygens (including phenoxy) is 1. The molecule has 25 heavy (non-hydrogen) atoms. The molecular weight excluding hydrogens is 316 g/mol. The molecule has 0 fully saturated rings. The number of aryl methyl sites for hydroxylation is 2. The Morgan fingerprint density at radius 2 is 1.32 bits per heavy atom. The minimum Gasteiger partial charge on any atom is -0.507 e. The summed E-state index contributed by atoms with van der Waals surface area (Å²) in [4.78, 5) is 0. The van der Waals surface area contributed by atoms with Crippen LogP contribution in [0.2, 0.25) is 0 Å². The summed E-state index contributed by atoms with van der Waals surface area (Å²) in [6.45, 7) is 3.99. The van der Waals surface area contributed by atoms with E-state index in [0.29, 0.717) is 23.3 Å². The van der Waals surface area contributed by atoms with E-state index in [1.165, 1.54) is 7.11 Å². The first-order chi connectivity index (χ1) is 12.0. The highest BCUT2D eigenvalue weighted by Crippen LogP contribution is 2.36. The maximum absolute atomic E-state index is 10.5. The van der Waals surface area contributed by atoms with E-state index < -0.39 is 0 Å². The molecule has 136 valence electrons. The van der Waals surface area contributed by atoms with Gasteiger partial charge in [0.1, 0.15) is 5.75 Å². The van der Waals surface area contributed by atoms with Crippen molar-refractivity contribution >= 4 is 0 Å². The highest BCUT2D eigenvalue weighted by molar-refractivity contribution is 5.53. The highest BCUT2D eigenvalue weighted by atomic mass is 16.5. The average Bonchev–Trinajstić information content (AvgIpc) is 2.60. The third-order valence-electron chi connectivity index (χ3n) is 4.39. The first-order valence-corrected chi connectivity index (χ1v) is 8.87. The van der Waals surface area contributed by atoms with Crippen molar-refractivity contribution in [2.45, 2.75) is 52.6 Å². The Morgan fingerprint density at radius 1 is 0.800 bits per heavy atom. The Hall–Kier alpha value is -2.20. The van der Waals surface area contributed by atoms with Gasteiger partial charge >= 0.3 is 0 Å². The number of aliphatic hydroxyl groups is 1. The van der Waals surface area contributed by atoms with Crippen molar-refractivity contribution in [1.29, 1.82) is 0 Å². The van der Waals surface area contributed by atoms with Crippen LogP contribution in [0.25, 0.3) is 0 Å². The van der Waals surface area contributed by atoms with Crippen LogP contribution in [-0.4, -0.2) is 22.4 Å². The van der Waals surface area contributed by atoms with Gasteiger partial charge in [0.15, 0.2) is 11.5 Å². The van der Waals surface area contributed by atoms with Crippen molar-refractivity contribution in [1.82, 2.24) is 0 Å². The van der Waals surface area contributed by atoms with Crippen LogP contribution >= 0.6 is 0 Å². The summed E-state index contributed by atoms with van der Waals surface area (Å²) in [5.41, 5.74) is 4.13. The summed E-state index contributed by atoms with van der Waals surface area (Å²) >= 11 is 0. The number of hydrogen-bond donors (Lipinski definition) is 3. The Bertz CT molecular complexity index is 661. The lowest BCUT2D eigenvalue weighted by atomic mass is 9.94. The molecule has 2 aromatic rings. The zero-order valence-corrected chi connectivity index (χ0v) is 15.3. The van der Waals surface area contributed by atoms with Gasteiger partial charge in [0.2, 0.25) is 0 Å². The highest BCUT2D eigenvalue weighted by Gasteiger charge is 2.15. The van der Waals surface area contributed by atoms with Crippen molar-refractivity contribution in [2.75, 3.05) is 7.11 Å². The molecule has 0 saturated carbocycles. The number of hydrogen-bond acceptors (Lipinski definition) is 4. The zero-order valence-electron chi connectivity index (χ0n) is 15.3. The fraction of sp³-hybridized carbons (Fsp3) is 0.429. The quantitative estimate of drug-likeness (QED) is 0.674. The normalized spacial score (nSPS) is 10.9. The summed E-state index contributed by atoms with van der Waals surface area (Å²) in [7, 11) is 1.54. The molecular formula is C21H28O4. The summed E-state index contributed by atoms with van der Waals surface area (Å²) in [5, 5.41) is 30.5. The van der Waals surface area contributed by atoms with Gasteiger partial charge in [0.05, 0.1) is 13.7 Å². The number of aromatic hydroxyl groups is 2. The van der Waals surface area contributed by atoms with Crippen molar-refractivity contribution in [3.8, 4) is 17.2 Å². The summed E-state index contributed by atoms with van der Waals surface area (Å²) in [6.07, 6.45) is 4.15. The van der Waals surface area contributed by atoms with Crippen LogP contribution in [0, 0.1) is 0 Å². The molecule has 4 heteroatoms. The zero-order chi connectivity index (χ0) is 18.4. The van der Waals surface area contributed by atoms with Gasteiger partial charge < -0.3 is 20.1 Å². The number of methoxy groups -OCH3 is 1. The van der Waals surface area contributed by atoms with Gasteiger partial charge in [0, 0.05) is 17.5 Å². The van der Waals surface area contributed by atoms with Crippen LogP contribution in [0.1, 0.15) is 54.5 Å². The third-order valence-corrected chi connectivity index (χ3v) is 4.39. The fourth-order valence-corrected chi connectivity index (χ4v) is 3.18. The summed E-state index contributed by atoms with van der Waals surface area (Å²) in [5.74, 6) is 0.655. The van der Waals surface area contributed by atoms with Gasteiger partial charge in [-0.1, -0.05) is 38.8 Å². The largest absolute Gasteiger partial charge is 0.507 e. The Labute approximate surface area is 149 Å². The van der Waals surface area contributed by atoms with E-state index in [0.717, 1.165) is 42.4 Å². The van der Waals surface area contributed by atoms with E-state index in [4.69, 9.17) is 4.74 Å². The Balaban J connectivity index is 2.47. The van der Waals surface area contributed by atoms with E-state index in [2.05, 4.69) is 13.8 Å². The molecule has 0 aliphatic heterocycles. The molecule has 0 saturated heterocycles. The molecule has 0 bridgehead atoms. The molecule has 3 N–H and O–H groups in total. The first-order valence-electron chi connectivity index (χ1n) is 8.87. The van der Waals surface area contributed by atoms with Crippen LogP contribution in [0.3, 0.4) is 0 Å². The molecule has 0 radical (unpaired) electrons. The molecule has 0 heterocycles. The van der Waals surface area contributed by atoms with Crippen LogP contribution in [-0.2, 0) is 25.9 Å². The summed E-state index contributed by atoms with van der Waals surface area (Å²) in [6, 6.07) is 7.62. The Morgan fingerprint density at radius 3 is 1.84 bits per heavy atom. The van der Waals surface area contributed by atoms with Gasteiger partial charge in [-0.05, 0) is 41.7 Å². The van der Waals surface area contributed by atoms with E-state index in [9.17, 15) is 15.3 Å². The molecule has 0 spiro atoms. The minimum atomic E-state index is -0.207. The second-order valence-electron chi connectivity index (χ2n) is 6.40. The van der Waals surface area contributed by atoms with Gasteiger partial charge in [-0.25, -0.2) is 0 Å². The molecule has 2 aromatic carbocycles. The molecule has 0 unspecified atom stereocenters. The molecule has 0 atom stereocenters. The topological polar surface area (TPSA) is 69.9 Å². The number of aliphatic hydroxyl groups excluding tert-OH is 1. The smallest absolute Gasteiger partial charge is 0.161 e. The SMILES string of the molecule is CCCc1cc(CO)c(O)c(Cc2cc(CCC)cc(OC)c2O)c1. The second-order valence-corrected chi connectivity index (χ2v) is 6.40. The second kappa shape index (κ2) is 8.77. The maximum atomic E-state index is 10.5. The molecule has 0 aliphatic rings. The minimum absolute atomic E-state index is 0.0987. The molecule has 4 nitrogen and oxygen atoms in total. The fourth-order valence-electron chi connectivity index (χ4n) is 3.18. The predicted molar refractivity (Wildman–Crippen MR) is 99.5 cm³/mol. The molecule has 0 amide bonds. The van der Waals surface area contributed by atoms with Crippen LogP contribution in [0.15, 0.2) is 24.3 Å². The summed E-state index contributed by atoms with van der Waals surface area (Å²) < 4.78 is 5.30. The van der Waals surface area contributed by atoms with Gasteiger partial charge in [-0.3, -0.25) is 0 Å². The van der Waals surface area contributed by atoms with Crippen LogP contribution in [0.5, 0.6) is 17.2 Å². The predicted octanol–water partition coefficient (Wildman–Crippen LogP) is 4.09. The van der Waals surface area contributed by atoms with Crippen molar-refractivity contribution in [3.63, 3.8) is 0 Å². The molecule has 2 rings (SSSR count). The van der Waals surface area contributed by atoms with E-state index >= 15 is 0 Å². The van der Waals surface area contributed by atoms with Crippen molar-refractivity contribution in [3.05, 3.63) is 52.1 Å². The van der Waals surface area contributed by atoms with Gasteiger partial charge in [-0.15, -0.1) is 0 Å². The third kappa shape index (κ3) is 4.45. The standard InChI is InChI=1S/C21H28O4/c1-4-6-14-8-16(20(23)18(10-14)13-22)12-17-9-15(7-5-2)11-19(25-3)21(17)24/h8-11,22-24H,4-7,12-13H2,1-3H3. The van der Waals surface area contributed by atoms with Crippen LogP contribution < -0.4 is 4.74 Å². The number of benzene rings is 2. The van der Waals surface area contributed by atoms with E-state index in [1.807, 2.05) is 24.3 Å².